The fourth-order valence-electron chi connectivity index (χ4n) is 3.41. The number of carboxylic acids is 1. The second kappa shape index (κ2) is 5.52. The Kier molecular flexibility index (Phi) is 3.33. The second-order valence-electron chi connectivity index (χ2n) is 5.99. The lowest BCUT2D eigenvalue weighted by Crippen LogP contribution is -2.44. The first-order valence-corrected chi connectivity index (χ1v) is 7.76. The lowest BCUT2D eigenvalue weighted by atomic mass is 9.90. The maximum Gasteiger partial charge on any atom is 0.321 e. The number of nitrogens with zero attached hydrogens (tertiary/aromatic N) is 1. The van der Waals surface area contributed by atoms with E-state index >= 15 is 0 Å². The van der Waals surface area contributed by atoms with Gasteiger partial charge in [0, 0.05) is 23.0 Å². The number of aromatic nitrogens is 1. The summed E-state index contributed by atoms with van der Waals surface area (Å²) in [5.74, 6) is -0.857. The molecule has 2 aromatic carbocycles. The van der Waals surface area contributed by atoms with Crippen LogP contribution in [0.15, 0.2) is 48.5 Å². The number of nitrogens with one attached hydrogen (secondary N) is 2. The smallest absolute Gasteiger partial charge is 0.321 e. The van der Waals surface area contributed by atoms with Gasteiger partial charge in [-0.25, -0.2) is 0 Å². The highest BCUT2D eigenvalue weighted by Crippen LogP contribution is 2.35. The van der Waals surface area contributed by atoms with Crippen LogP contribution in [0.4, 0.5) is 0 Å². The Labute approximate surface area is 138 Å². The number of aliphatic carboxylic acids is 1. The van der Waals surface area contributed by atoms with Gasteiger partial charge < -0.3 is 10.1 Å². The normalized spacial score (nSPS) is 19.6. The van der Waals surface area contributed by atoms with Crippen molar-refractivity contribution in [1.29, 1.82) is 5.26 Å². The van der Waals surface area contributed by atoms with Gasteiger partial charge >= 0.3 is 5.97 Å². The van der Waals surface area contributed by atoms with Gasteiger partial charge in [-0.3, -0.25) is 10.1 Å². The van der Waals surface area contributed by atoms with Crippen molar-refractivity contribution in [2.45, 2.75) is 18.5 Å². The van der Waals surface area contributed by atoms with Gasteiger partial charge in [0.15, 0.2) is 0 Å². The van der Waals surface area contributed by atoms with Crippen molar-refractivity contribution in [3.63, 3.8) is 0 Å². The van der Waals surface area contributed by atoms with E-state index in [1.165, 1.54) is 0 Å². The monoisotopic (exact) mass is 317 g/mol. The molecule has 0 spiro atoms. The van der Waals surface area contributed by atoms with Crippen LogP contribution in [0.3, 0.4) is 0 Å². The largest absolute Gasteiger partial charge is 0.480 e. The Balaban J connectivity index is 1.87. The molecular weight excluding hydrogens is 302 g/mol. The van der Waals surface area contributed by atoms with E-state index in [0.29, 0.717) is 12.0 Å². The Morgan fingerprint density at radius 2 is 1.92 bits per heavy atom. The van der Waals surface area contributed by atoms with Crippen molar-refractivity contribution in [2.75, 3.05) is 0 Å². The van der Waals surface area contributed by atoms with Gasteiger partial charge in [-0.2, -0.15) is 5.26 Å². The van der Waals surface area contributed by atoms with Gasteiger partial charge in [0.2, 0.25) is 0 Å². The number of fused-ring (bicyclic) bond motifs is 3. The molecule has 1 aliphatic heterocycles. The average Bonchev–Trinajstić information content (AvgIpc) is 2.99. The number of benzene rings is 2. The molecule has 2 heterocycles. The van der Waals surface area contributed by atoms with Gasteiger partial charge in [-0.15, -0.1) is 0 Å². The van der Waals surface area contributed by atoms with Crippen LogP contribution < -0.4 is 5.32 Å². The summed E-state index contributed by atoms with van der Waals surface area (Å²) in [4.78, 5) is 15.0. The van der Waals surface area contributed by atoms with Crippen LogP contribution in [0.25, 0.3) is 10.9 Å². The van der Waals surface area contributed by atoms with E-state index in [4.69, 9.17) is 5.26 Å². The highest BCUT2D eigenvalue weighted by molar-refractivity contribution is 5.87. The molecule has 0 radical (unpaired) electrons. The van der Waals surface area contributed by atoms with Gasteiger partial charge in [0.05, 0.1) is 17.7 Å². The highest BCUT2D eigenvalue weighted by Gasteiger charge is 2.33. The third-order valence-electron chi connectivity index (χ3n) is 4.58. The highest BCUT2D eigenvalue weighted by atomic mass is 16.4. The summed E-state index contributed by atoms with van der Waals surface area (Å²) in [5, 5.41) is 22.7. The maximum atomic E-state index is 11.6. The summed E-state index contributed by atoms with van der Waals surface area (Å²) in [6.07, 6.45) is 0.446. The zero-order valence-electron chi connectivity index (χ0n) is 12.8. The quantitative estimate of drug-likeness (QED) is 0.678. The first-order valence-electron chi connectivity index (χ1n) is 7.76. The van der Waals surface area contributed by atoms with Crippen LogP contribution in [-0.4, -0.2) is 22.1 Å². The molecule has 118 valence electrons. The summed E-state index contributed by atoms with van der Waals surface area (Å²) in [6, 6.07) is 16.4. The number of carboxylic acid groups (broad SMARTS) is 1. The van der Waals surface area contributed by atoms with Gasteiger partial charge in [-0.1, -0.05) is 30.3 Å². The minimum atomic E-state index is -0.857. The third kappa shape index (κ3) is 2.25. The van der Waals surface area contributed by atoms with Crippen molar-refractivity contribution in [2.24, 2.45) is 0 Å². The van der Waals surface area contributed by atoms with Gasteiger partial charge in [0.25, 0.3) is 0 Å². The van der Waals surface area contributed by atoms with Crippen LogP contribution in [0.5, 0.6) is 0 Å². The van der Waals surface area contributed by atoms with Crippen molar-refractivity contribution in [3.8, 4) is 6.07 Å². The molecule has 1 aliphatic rings. The van der Waals surface area contributed by atoms with Crippen molar-refractivity contribution in [3.05, 3.63) is 70.9 Å². The summed E-state index contributed by atoms with van der Waals surface area (Å²) < 4.78 is 0. The third-order valence-corrected chi connectivity index (χ3v) is 4.58. The lowest BCUT2D eigenvalue weighted by molar-refractivity contribution is -0.139. The summed E-state index contributed by atoms with van der Waals surface area (Å²) in [5.41, 5.74) is 4.58. The molecule has 0 amide bonds. The number of aromatic amines is 1. The SMILES string of the molecule is N#Cc1ccc(C2NC(C(=O)O)Cc3c2[nH]c2ccccc32)cc1. The van der Waals surface area contributed by atoms with E-state index < -0.39 is 12.0 Å². The summed E-state index contributed by atoms with van der Waals surface area (Å²) >= 11 is 0. The zero-order chi connectivity index (χ0) is 16.7. The number of rotatable bonds is 2. The molecule has 3 aromatic rings. The molecule has 3 N–H and O–H groups in total. The number of hydrogen-bond acceptors (Lipinski definition) is 3. The minimum Gasteiger partial charge on any atom is -0.480 e. The number of nitriles is 1. The van der Waals surface area contributed by atoms with Crippen LogP contribution in [-0.2, 0) is 11.2 Å². The topological polar surface area (TPSA) is 88.9 Å². The molecule has 0 fully saturated rings. The Morgan fingerprint density at radius 3 is 2.62 bits per heavy atom. The summed E-state index contributed by atoms with van der Waals surface area (Å²) in [7, 11) is 0. The number of para-hydroxylation sites is 1. The first kappa shape index (κ1) is 14.5. The lowest BCUT2D eigenvalue weighted by Gasteiger charge is -2.29. The molecule has 0 bridgehead atoms. The second-order valence-corrected chi connectivity index (χ2v) is 5.99. The number of hydrogen-bond donors (Lipinski definition) is 3. The fraction of sp³-hybridized carbons (Fsp3) is 0.158. The van der Waals surface area contributed by atoms with E-state index in [1.54, 1.807) is 12.1 Å². The first-order chi connectivity index (χ1) is 11.7. The van der Waals surface area contributed by atoms with E-state index in [9.17, 15) is 9.90 Å². The molecule has 2 unspecified atom stereocenters. The average molecular weight is 317 g/mol. The van der Waals surface area contributed by atoms with Crippen molar-refractivity contribution >= 4 is 16.9 Å². The minimum absolute atomic E-state index is 0.241. The number of carbonyl (C=O) groups is 1. The summed E-state index contributed by atoms with van der Waals surface area (Å²) in [6.45, 7) is 0. The predicted molar refractivity (Wildman–Crippen MR) is 89.6 cm³/mol. The van der Waals surface area contributed by atoms with Gasteiger partial charge in [0.1, 0.15) is 6.04 Å². The maximum absolute atomic E-state index is 11.6. The molecule has 0 saturated heterocycles. The zero-order valence-corrected chi connectivity index (χ0v) is 12.8. The molecule has 0 saturated carbocycles. The number of H-pyrrole nitrogens is 1. The van der Waals surface area contributed by atoms with Crippen LogP contribution >= 0.6 is 0 Å². The molecule has 0 aliphatic carbocycles. The van der Waals surface area contributed by atoms with Crippen LogP contribution in [0.1, 0.15) is 28.4 Å². The Bertz CT molecular complexity index is 966. The molecule has 4 rings (SSSR count). The standard InChI is InChI=1S/C19H15N3O2/c20-10-11-5-7-12(8-6-11)17-18-14(9-16(22-17)19(23)24)13-3-1-2-4-15(13)21-18/h1-8,16-17,21-22H,9H2,(H,23,24). The molecule has 2 atom stereocenters. The van der Waals surface area contributed by atoms with E-state index in [-0.39, 0.29) is 6.04 Å². The van der Waals surface area contributed by atoms with Crippen LogP contribution in [0, 0.1) is 11.3 Å². The molecular formula is C19H15N3O2. The van der Waals surface area contributed by atoms with E-state index in [1.807, 2.05) is 36.4 Å². The Morgan fingerprint density at radius 1 is 1.17 bits per heavy atom. The molecule has 24 heavy (non-hydrogen) atoms. The molecule has 5 heteroatoms. The van der Waals surface area contributed by atoms with Crippen molar-refractivity contribution < 1.29 is 9.90 Å². The molecule has 5 nitrogen and oxygen atoms in total. The van der Waals surface area contributed by atoms with Crippen LogP contribution in [0.2, 0.25) is 0 Å². The van der Waals surface area contributed by atoms with Crippen molar-refractivity contribution in [1.82, 2.24) is 10.3 Å². The van der Waals surface area contributed by atoms with Gasteiger partial charge in [-0.05, 0) is 29.3 Å². The molecule has 1 aromatic heterocycles. The van der Waals surface area contributed by atoms with E-state index in [2.05, 4.69) is 16.4 Å². The fourth-order valence-corrected chi connectivity index (χ4v) is 3.41. The van der Waals surface area contributed by atoms with E-state index in [0.717, 1.165) is 27.7 Å². The Hall–Kier alpha value is -3.10. The predicted octanol–water partition coefficient (Wildman–Crippen LogP) is 2.73.